The predicted molar refractivity (Wildman–Crippen MR) is 34.5 cm³/mol. The van der Waals surface area contributed by atoms with E-state index in [2.05, 4.69) is 12.4 Å². The van der Waals surface area contributed by atoms with Crippen molar-refractivity contribution >= 4 is 0 Å². The SMILES string of the molecule is CCCCONCC. The summed E-state index contributed by atoms with van der Waals surface area (Å²) in [5.74, 6) is 0. The lowest BCUT2D eigenvalue weighted by Gasteiger charge is -1.99. The second kappa shape index (κ2) is 6.92. The molecule has 0 saturated heterocycles. The first-order chi connectivity index (χ1) is 3.91. The standard InChI is InChI=1S/C6H15NO/c1-3-5-6-8-7-4-2/h7H,3-6H2,1-2H3. The van der Waals surface area contributed by atoms with Crippen molar-refractivity contribution in [3.8, 4) is 0 Å². The molecule has 0 atom stereocenters. The highest BCUT2D eigenvalue weighted by atomic mass is 16.6. The second-order valence-electron chi connectivity index (χ2n) is 1.70. The first kappa shape index (κ1) is 7.92. The van der Waals surface area contributed by atoms with E-state index in [4.69, 9.17) is 4.84 Å². The molecular formula is C6H15NO. The van der Waals surface area contributed by atoms with E-state index in [9.17, 15) is 0 Å². The fourth-order valence-electron chi connectivity index (χ4n) is 0.391. The molecule has 0 heterocycles. The van der Waals surface area contributed by atoms with Crippen molar-refractivity contribution in [3.05, 3.63) is 0 Å². The summed E-state index contributed by atoms with van der Waals surface area (Å²) in [5.41, 5.74) is 2.78. The fraction of sp³-hybridized carbons (Fsp3) is 1.00. The third kappa shape index (κ3) is 5.92. The molecule has 2 nitrogen and oxygen atoms in total. The molecule has 0 fully saturated rings. The first-order valence-electron chi connectivity index (χ1n) is 3.26. The van der Waals surface area contributed by atoms with Crippen molar-refractivity contribution < 1.29 is 4.84 Å². The van der Waals surface area contributed by atoms with Gasteiger partial charge in [0.05, 0.1) is 6.61 Å². The monoisotopic (exact) mass is 117 g/mol. The Bertz CT molecular complexity index is 33.5. The second-order valence-corrected chi connectivity index (χ2v) is 1.70. The highest BCUT2D eigenvalue weighted by Gasteiger charge is 1.80. The lowest BCUT2D eigenvalue weighted by atomic mass is 10.4. The highest BCUT2D eigenvalue weighted by Crippen LogP contribution is 1.83. The van der Waals surface area contributed by atoms with Crippen LogP contribution < -0.4 is 5.48 Å². The molecule has 0 aliphatic heterocycles. The van der Waals surface area contributed by atoms with Gasteiger partial charge in [0.15, 0.2) is 0 Å². The van der Waals surface area contributed by atoms with Gasteiger partial charge in [0.25, 0.3) is 0 Å². The summed E-state index contributed by atoms with van der Waals surface area (Å²) in [6.07, 6.45) is 2.35. The van der Waals surface area contributed by atoms with E-state index in [-0.39, 0.29) is 0 Å². The molecule has 0 aromatic carbocycles. The largest absolute Gasteiger partial charge is 0.302 e. The Morgan fingerprint density at radius 3 is 2.62 bits per heavy atom. The van der Waals surface area contributed by atoms with E-state index in [1.807, 2.05) is 6.92 Å². The minimum Gasteiger partial charge on any atom is -0.302 e. The molecule has 50 valence electrons. The first-order valence-corrected chi connectivity index (χ1v) is 3.26. The quantitative estimate of drug-likeness (QED) is 0.433. The summed E-state index contributed by atoms with van der Waals surface area (Å²) in [4.78, 5) is 4.97. The number of rotatable bonds is 5. The predicted octanol–water partition coefficient (Wildman–Crippen LogP) is 1.33. The van der Waals surface area contributed by atoms with Crippen LogP contribution in [-0.4, -0.2) is 13.2 Å². The molecule has 8 heavy (non-hydrogen) atoms. The van der Waals surface area contributed by atoms with Crippen molar-refractivity contribution in [1.29, 1.82) is 0 Å². The molecule has 0 radical (unpaired) electrons. The zero-order valence-corrected chi connectivity index (χ0v) is 5.74. The Kier molecular flexibility index (Phi) is 6.85. The van der Waals surface area contributed by atoms with Gasteiger partial charge in [-0.15, -0.1) is 0 Å². The molecule has 2 heteroatoms. The number of unbranched alkanes of at least 4 members (excludes halogenated alkanes) is 1. The van der Waals surface area contributed by atoms with E-state index in [0.29, 0.717) is 0 Å². The third-order valence-corrected chi connectivity index (χ3v) is 0.846. The fourth-order valence-corrected chi connectivity index (χ4v) is 0.391. The van der Waals surface area contributed by atoms with Crippen LogP contribution in [0.15, 0.2) is 0 Å². The van der Waals surface area contributed by atoms with Gasteiger partial charge in [-0.2, -0.15) is 0 Å². The zero-order chi connectivity index (χ0) is 6.24. The molecule has 0 amide bonds. The van der Waals surface area contributed by atoms with E-state index < -0.39 is 0 Å². The van der Waals surface area contributed by atoms with Crippen LogP contribution >= 0.6 is 0 Å². The smallest absolute Gasteiger partial charge is 0.0682 e. The van der Waals surface area contributed by atoms with Crippen molar-refractivity contribution in [2.75, 3.05) is 13.2 Å². The van der Waals surface area contributed by atoms with Gasteiger partial charge in [-0.3, -0.25) is 0 Å². The van der Waals surface area contributed by atoms with E-state index in [1.54, 1.807) is 0 Å². The van der Waals surface area contributed by atoms with Crippen LogP contribution in [0.5, 0.6) is 0 Å². The van der Waals surface area contributed by atoms with Gasteiger partial charge in [-0.1, -0.05) is 20.3 Å². The maximum Gasteiger partial charge on any atom is 0.0682 e. The molecule has 0 aromatic heterocycles. The van der Waals surface area contributed by atoms with Crippen molar-refractivity contribution in [2.45, 2.75) is 26.7 Å². The van der Waals surface area contributed by atoms with Crippen LogP contribution in [0.4, 0.5) is 0 Å². The molecule has 0 aliphatic carbocycles. The zero-order valence-electron chi connectivity index (χ0n) is 5.74. The minimum atomic E-state index is 0.838. The van der Waals surface area contributed by atoms with Gasteiger partial charge in [0.2, 0.25) is 0 Å². The van der Waals surface area contributed by atoms with E-state index in [1.165, 1.54) is 6.42 Å². The van der Waals surface area contributed by atoms with Crippen LogP contribution in [0.1, 0.15) is 26.7 Å². The van der Waals surface area contributed by atoms with Crippen LogP contribution in [0, 0.1) is 0 Å². The maximum absolute atomic E-state index is 4.97. The lowest BCUT2D eigenvalue weighted by Crippen LogP contribution is -2.13. The molecule has 0 bridgehead atoms. The maximum atomic E-state index is 4.97. The molecular weight excluding hydrogens is 102 g/mol. The Labute approximate surface area is 51.2 Å². The molecule has 1 N–H and O–H groups in total. The lowest BCUT2D eigenvalue weighted by molar-refractivity contribution is 0.0427. The molecule has 0 rings (SSSR count). The van der Waals surface area contributed by atoms with Crippen LogP contribution in [-0.2, 0) is 4.84 Å². The molecule has 0 aromatic rings. The molecule has 0 aliphatic rings. The summed E-state index contributed by atoms with van der Waals surface area (Å²) in [6, 6.07) is 0. The summed E-state index contributed by atoms with van der Waals surface area (Å²) in [6.45, 7) is 5.90. The van der Waals surface area contributed by atoms with Crippen LogP contribution in [0.2, 0.25) is 0 Å². The summed E-state index contributed by atoms with van der Waals surface area (Å²) >= 11 is 0. The van der Waals surface area contributed by atoms with E-state index >= 15 is 0 Å². The molecule has 0 spiro atoms. The Hall–Kier alpha value is -0.0800. The molecule has 0 saturated carbocycles. The van der Waals surface area contributed by atoms with Gasteiger partial charge >= 0.3 is 0 Å². The van der Waals surface area contributed by atoms with Gasteiger partial charge in [0.1, 0.15) is 0 Å². The number of nitrogens with one attached hydrogen (secondary N) is 1. The Morgan fingerprint density at radius 1 is 1.38 bits per heavy atom. The van der Waals surface area contributed by atoms with Crippen molar-refractivity contribution in [3.63, 3.8) is 0 Å². The van der Waals surface area contributed by atoms with Crippen LogP contribution in [0.3, 0.4) is 0 Å². The summed E-state index contributed by atoms with van der Waals surface area (Å²) < 4.78 is 0. The van der Waals surface area contributed by atoms with Crippen molar-refractivity contribution in [1.82, 2.24) is 5.48 Å². The topological polar surface area (TPSA) is 21.3 Å². The number of hydrogen-bond donors (Lipinski definition) is 1. The van der Waals surface area contributed by atoms with Crippen molar-refractivity contribution in [2.24, 2.45) is 0 Å². The number of hydroxylamine groups is 1. The highest BCUT2D eigenvalue weighted by molar-refractivity contribution is 4.27. The van der Waals surface area contributed by atoms with Gasteiger partial charge in [0, 0.05) is 6.54 Å². The Balaban J connectivity index is 2.53. The average Bonchev–Trinajstić information content (AvgIpc) is 1.81. The van der Waals surface area contributed by atoms with Gasteiger partial charge < -0.3 is 4.84 Å². The molecule has 0 unspecified atom stereocenters. The minimum absolute atomic E-state index is 0.838. The van der Waals surface area contributed by atoms with E-state index in [0.717, 1.165) is 19.6 Å². The normalized spacial score (nSPS) is 9.75. The summed E-state index contributed by atoms with van der Waals surface area (Å²) in [5, 5.41) is 0. The van der Waals surface area contributed by atoms with Gasteiger partial charge in [-0.05, 0) is 6.42 Å². The van der Waals surface area contributed by atoms with Crippen LogP contribution in [0.25, 0.3) is 0 Å². The Morgan fingerprint density at radius 2 is 2.12 bits per heavy atom. The third-order valence-electron chi connectivity index (χ3n) is 0.846. The van der Waals surface area contributed by atoms with Gasteiger partial charge in [-0.25, -0.2) is 5.48 Å². The summed E-state index contributed by atoms with van der Waals surface area (Å²) in [7, 11) is 0. The number of hydrogen-bond acceptors (Lipinski definition) is 2. The average molecular weight is 117 g/mol.